The van der Waals surface area contributed by atoms with Gasteiger partial charge in [-0.15, -0.1) is 0 Å². The van der Waals surface area contributed by atoms with Crippen LogP contribution in [-0.4, -0.2) is 31.0 Å². The minimum Gasteiger partial charge on any atom is -0.550 e. The normalized spacial score (nSPS) is 11.2. The maximum absolute atomic E-state index is 10.3. The molecule has 0 spiro atoms. The lowest BCUT2D eigenvalue weighted by Crippen LogP contribution is -2.23. The van der Waals surface area contributed by atoms with E-state index in [1.165, 1.54) is 64.2 Å². The molecule has 0 fully saturated rings. The third kappa shape index (κ3) is 17.4. The standard InChI is InChI=1S/C18H37NO2/c1-3-4-5-6-7-8-9-10-11-13-16-19(2)17-14-12-15-18(20)21/h3-17H2,1-2H3,(H,20,21)/p-1. The third-order valence-corrected chi connectivity index (χ3v) is 4.06. The highest BCUT2D eigenvalue weighted by Crippen LogP contribution is 2.10. The van der Waals surface area contributed by atoms with Crippen LogP contribution in [-0.2, 0) is 4.79 Å². The summed E-state index contributed by atoms with van der Waals surface area (Å²) in [5.74, 6) is -0.924. The molecule has 0 rings (SSSR count). The van der Waals surface area contributed by atoms with Gasteiger partial charge in [0.1, 0.15) is 0 Å². The average molecular weight is 298 g/mol. The van der Waals surface area contributed by atoms with Gasteiger partial charge < -0.3 is 14.8 Å². The van der Waals surface area contributed by atoms with E-state index < -0.39 is 5.97 Å². The number of hydrogen-bond donors (Lipinski definition) is 0. The lowest BCUT2D eigenvalue weighted by Gasteiger charge is -2.16. The molecule has 0 aliphatic carbocycles. The zero-order valence-corrected chi connectivity index (χ0v) is 14.4. The minimum absolute atomic E-state index is 0.200. The van der Waals surface area contributed by atoms with Crippen LogP contribution in [0.3, 0.4) is 0 Å². The van der Waals surface area contributed by atoms with Crippen molar-refractivity contribution in [1.82, 2.24) is 4.90 Å². The Bertz CT molecular complexity index is 231. The zero-order chi connectivity index (χ0) is 15.8. The molecule has 0 amide bonds. The molecule has 0 saturated carbocycles. The zero-order valence-electron chi connectivity index (χ0n) is 14.4. The van der Waals surface area contributed by atoms with Gasteiger partial charge in [0.15, 0.2) is 0 Å². The molecule has 0 aromatic rings. The molecular formula is C18H36NO2-. The van der Waals surface area contributed by atoms with E-state index in [0.717, 1.165) is 25.9 Å². The summed E-state index contributed by atoms with van der Waals surface area (Å²) in [6.45, 7) is 4.41. The van der Waals surface area contributed by atoms with Crippen LogP contribution in [0.2, 0.25) is 0 Å². The molecule has 0 atom stereocenters. The SMILES string of the molecule is CCCCCCCCCCCCN(C)CCCCC(=O)[O-]. The van der Waals surface area contributed by atoms with Crippen LogP contribution in [0.1, 0.15) is 90.4 Å². The molecule has 0 bridgehead atoms. The Morgan fingerprint density at radius 3 is 1.67 bits per heavy atom. The third-order valence-electron chi connectivity index (χ3n) is 4.06. The van der Waals surface area contributed by atoms with Gasteiger partial charge in [-0.25, -0.2) is 0 Å². The number of carboxylic acids is 1. The van der Waals surface area contributed by atoms with Gasteiger partial charge in [-0.3, -0.25) is 0 Å². The number of unbranched alkanes of at least 4 members (excludes halogenated alkanes) is 10. The molecule has 0 aliphatic rings. The van der Waals surface area contributed by atoms with Crippen LogP contribution >= 0.6 is 0 Å². The Balaban J connectivity index is 3.14. The quantitative estimate of drug-likeness (QED) is 0.407. The van der Waals surface area contributed by atoms with Crippen molar-refractivity contribution < 1.29 is 9.90 Å². The first-order valence-corrected chi connectivity index (χ1v) is 9.05. The summed E-state index contributed by atoms with van der Waals surface area (Å²) in [5.41, 5.74) is 0. The molecule has 0 N–H and O–H groups in total. The molecule has 0 heterocycles. The van der Waals surface area contributed by atoms with Crippen LogP contribution in [0.25, 0.3) is 0 Å². The van der Waals surface area contributed by atoms with E-state index in [0.29, 0.717) is 0 Å². The Labute approximate surface area is 132 Å². The molecule has 0 aromatic carbocycles. The van der Waals surface area contributed by atoms with Crippen molar-refractivity contribution in [3.05, 3.63) is 0 Å². The number of rotatable bonds is 16. The maximum atomic E-state index is 10.3. The molecule has 3 heteroatoms. The Kier molecular flexibility index (Phi) is 15.4. The maximum Gasteiger partial charge on any atom is 0.0414 e. The lowest BCUT2D eigenvalue weighted by molar-refractivity contribution is -0.305. The van der Waals surface area contributed by atoms with Crippen molar-refractivity contribution in [2.75, 3.05) is 20.1 Å². The average Bonchev–Trinajstić information content (AvgIpc) is 2.45. The Morgan fingerprint density at radius 2 is 1.19 bits per heavy atom. The number of carboxylic acid groups (broad SMARTS) is 1. The van der Waals surface area contributed by atoms with Crippen LogP contribution in [0.5, 0.6) is 0 Å². The van der Waals surface area contributed by atoms with Gasteiger partial charge in [0.2, 0.25) is 0 Å². The molecule has 3 nitrogen and oxygen atoms in total. The van der Waals surface area contributed by atoms with E-state index in [4.69, 9.17) is 0 Å². The van der Waals surface area contributed by atoms with Gasteiger partial charge in [-0.05, 0) is 45.8 Å². The second-order valence-electron chi connectivity index (χ2n) is 6.31. The largest absolute Gasteiger partial charge is 0.550 e. The van der Waals surface area contributed by atoms with Crippen molar-refractivity contribution in [1.29, 1.82) is 0 Å². The summed E-state index contributed by atoms with van der Waals surface area (Å²) >= 11 is 0. The molecule has 0 unspecified atom stereocenters. The van der Waals surface area contributed by atoms with Gasteiger partial charge >= 0.3 is 0 Å². The summed E-state index contributed by atoms with van der Waals surface area (Å²) < 4.78 is 0. The van der Waals surface area contributed by atoms with Gasteiger partial charge in [0, 0.05) is 5.97 Å². The molecule has 0 radical (unpaired) electrons. The molecule has 21 heavy (non-hydrogen) atoms. The second kappa shape index (κ2) is 15.8. The summed E-state index contributed by atoms with van der Waals surface area (Å²) in [7, 11) is 2.13. The van der Waals surface area contributed by atoms with E-state index in [1.54, 1.807) is 0 Å². The fourth-order valence-corrected chi connectivity index (χ4v) is 2.63. The molecular weight excluding hydrogens is 262 g/mol. The first-order chi connectivity index (χ1) is 10.2. The second-order valence-corrected chi connectivity index (χ2v) is 6.31. The summed E-state index contributed by atoms with van der Waals surface area (Å²) in [5, 5.41) is 10.3. The number of hydrogen-bond acceptors (Lipinski definition) is 3. The molecule has 0 aromatic heterocycles. The van der Waals surface area contributed by atoms with Crippen molar-refractivity contribution in [3.8, 4) is 0 Å². The van der Waals surface area contributed by atoms with Crippen LogP contribution in [0, 0.1) is 0 Å². The predicted molar refractivity (Wildman–Crippen MR) is 88.2 cm³/mol. The van der Waals surface area contributed by atoms with Gasteiger partial charge in [-0.1, -0.05) is 64.7 Å². The highest BCUT2D eigenvalue weighted by Gasteiger charge is 1.99. The topological polar surface area (TPSA) is 43.4 Å². The van der Waals surface area contributed by atoms with Gasteiger partial charge in [0.25, 0.3) is 0 Å². The molecule has 0 saturated heterocycles. The Hall–Kier alpha value is -0.570. The number of aliphatic carboxylic acids is 1. The van der Waals surface area contributed by atoms with Crippen LogP contribution in [0.15, 0.2) is 0 Å². The predicted octanol–water partition coefficient (Wildman–Crippen LogP) is 3.76. The van der Waals surface area contributed by atoms with Gasteiger partial charge in [0.05, 0.1) is 0 Å². The van der Waals surface area contributed by atoms with Crippen molar-refractivity contribution in [3.63, 3.8) is 0 Å². The van der Waals surface area contributed by atoms with Crippen molar-refractivity contribution in [2.24, 2.45) is 0 Å². The first kappa shape index (κ1) is 20.4. The van der Waals surface area contributed by atoms with E-state index in [1.807, 2.05) is 0 Å². The van der Waals surface area contributed by atoms with E-state index >= 15 is 0 Å². The van der Waals surface area contributed by atoms with E-state index in [2.05, 4.69) is 18.9 Å². The smallest absolute Gasteiger partial charge is 0.0414 e. The van der Waals surface area contributed by atoms with E-state index in [9.17, 15) is 9.90 Å². The minimum atomic E-state index is -0.924. The first-order valence-electron chi connectivity index (χ1n) is 9.05. The summed E-state index contributed by atoms with van der Waals surface area (Å²) in [6.07, 6.45) is 15.6. The number of carbonyl (C=O) groups excluding carboxylic acids is 1. The summed E-state index contributed by atoms with van der Waals surface area (Å²) in [4.78, 5) is 12.6. The van der Waals surface area contributed by atoms with Crippen molar-refractivity contribution >= 4 is 5.97 Å². The monoisotopic (exact) mass is 298 g/mol. The van der Waals surface area contributed by atoms with Crippen molar-refractivity contribution in [2.45, 2.75) is 90.4 Å². The fraction of sp³-hybridized carbons (Fsp3) is 0.944. The summed E-state index contributed by atoms with van der Waals surface area (Å²) in [6, 6.07) is 0. The highest BCUT2D eigenvalue weighted by molar-refractivity contribution is 5.64. The highest BCUT2D eigenvalue weighted by atomic mass is 16.4. The lowest BCUT2D eigenvalue weighted by atomic mass is 10.1. The van der Waals surface area contributed by atoms with Crippen LogP contribution < -0.4 is 5.11 Å². The fourth-order valence-electron chi connectivity index (χ4n) is 2.63. The Morgan fingerprint density at radius 1 is 0.762 bits per heavy atom. The van der Waals surface area contributed by atoms with Gasteiger partial charge in [-0.2, -0.15) is 0 Å². The molecule has 126 valence electrons. The molecule has 0 aliphatic heterocycles. The van der Waals surface area contributed by atoms with Crippen LogP contribution in [0.4, 0.5) is 0 Å². The number of nitrogens with zero attached hydrogens (tertiary/aromatic N) is 1. The number of carbonyl (C=O) groups is 1. The van der Waals surface area contributed by atoms with E-state index in [-0.39, 0.29) is 6.42 Å².